The number of hydrogen-bond acceptors (Lipinski definition) is 3. The highest BCUT2D eigenvalue weighted by atomic mass is 15.5. The molecule has 0 saturated carbocycles. The van der Waals surface area contributed by atoms with E-state index in [0.29, 0.717) is 0 Å². The second kappa shape index (κ2) is 6.16. The Balaban J connectivity index is 1.97. The molecule has 0 N–H and O–H groups in total. The summed E-state index contributed by atoms with van der Waals surface area (Å²) in [4.78, 5) is 0. The molecule has 0 atom stereocenters. The fourth-order valence-electron chi connectivity index (χ4n) is 2.54. The summed E-state index contributed by atoms with van der Waals surface area (Å²) in [6.45, 7) is 8.21. The number of aromatic nitrogens is 4. The first kappa shape index (κ1) is 15.2. The fourth-order valence-corrected chi connectivity index (χ4v) is 2.54. The van der Waals surface area contributed by atoms with Crippen LogP contribution < -0.4 is 0 Å². The van der Waals surface area contributed by atoms with Crippen LogP contribution in [0, 0.1) is 27.7 Å². The average Bonchev–Trinajstić information content (AvgIpc) is 2.95. The van der Waals surface area contributed by atoms with Crippen LogP contribution in [-0.2, 0) is 0 Å². The quantitative estimate of drug-likeness (QED) is 0.685. The molecular formula is C19H20N4. The number of rotatable bonds is 3. The van der Waals surface area contributed by atoms with E-state index in [1.165, 1.54) is 16.7 Å². The lowest BCUT2D eigenvalue weighted by Crippen LogP contribution is -2.02. The van der Waals surface area contributed by atoms with Crippen LogP contribution in [0.1, 0.15) is 33.6 Å². The zero-order valence-electron chi connectivity index (χ0n) is 13.9. The summed E-state index contributed by atoms with van der Waals surface area (Å²) < 4.78 is 1.77. The third-order valence-corrected chi connectivity index (χ3v) is 3.98. The Morgan fingerprint density at radius 3 is 2.39 bits per heavy atom. The molecule has 3 rings (SSSR count). The fraction of sp³-hybridized carbons (Fsp3) is 0.211. The van der Waals surface area contributed by atoms with Gasteiger partial charge in [0.15, 0.2) is 5.82 Å². The summed E-state index contributed by atoms with van der Waals surface area (Å²) in [6, 6.07) is 12.8. The molecule has 4 nitrogen and oxygen atoms in total. The van der Waals surface area contributed by atoms with Crippen molar-refractivity contribution in [3.05, 3.63) is 70.0 Å². The largest absolute Gasteiger partial charge is 0.197 e. The Morgan fingerprint density at radius 1 is 0.870 bits per heavy atom. The highest BCUT2D eigenvalue weighted by Gasteiger charge is 2.07. The van der Waals surface area contributed by atoms with Crippen molar-refractivity contribution in [3.8, 4) is 5.69 Å². The molecule has 0 saturated heterocycles. The van der Waals surface area contributed by atoms with Gasteiger partial charge < -0.3 is 0 Å². The highest BCUT2D eigenvalue weighted by molar-refractivity contribution is 5.72. The summed E-state index contributed by atoms with van der Waals surface area (Å²) in [5.41, 5.74) is 7.06. The van der Waals surface area contributed by atoms with Gasteiger partial charge in [0.1, 0.15) is 0 Å². The second-order valence-corrected chi connectivity index (χ2v) is 5.88. The van der Waals surface area contributed by atoms with Crippen LogP contribution in [0.2, 0.25) is 0 Å². The average molecular weight is 304 g/mol. The Hall–Kier alpha value is -2.75. The number of benzene rings is 2. The van der Waals surface area contributed by atoms with Crippen LogP contribution >= 0.6 is 0 Å². The van der Waals surface area contributed by atoms with Crippen molar-refractivity contribution in [1.29, 1.82) is 0 Å². The molecule has 0 aliphatic heterocycles. The first-order valence-electron chi connectivity index (χ1n) is 7.66. The molecule has 116 valence electrons. The predicted molar refractivity (Wildman–Crippen MR) is 93.5 cm³/mol. The highest BCUT2D eigenvalue weighted by Crippen LogP contribution is 2.19. The number of tetrazole rings is 1. The SMILES string of the molecule is Cc1ccc(C)c(/C=C/c2ccc(C)c(-n3nnnc3C)c2)c1. The van der Waals surface area contributed by atoms with E-state index in [-0.39, 0.29) is 0 Å². The van der Waals surface area contributed by atoms with E-state index >= 15 is 0 Å². The minimum absolute atomic E-state index is 0.781. The second-order valence-electron chi connectivity index (χ2n) is 5.88. The van der Waals surface area contributed by atoms with Gasteiger partial charge in [0.2, 0.25) is 0 Å². The van der Waals surface area contributed by atoms with Gasteiger partial charge in [0.05, 0.1) is 5.69 Å². The smallest absolute Gasteiger partial charge is 0.153 e. The summed E-state index contributed by atoms with van der Waals surface area (Å²) in [6.07, 6.45) is 4.29. The molecular weight excluding hydrogens is 284 g/mol. The van der Waals surface area contributed by atoms with Crippen molar-refractivity contribution in [2.75, 3.05) is 0 Å². The van der Waals surface area contributed by atoms with Gasteiger partial charge in [-0.05, 0) is 66.4 Å². The molecule has 3 aromatic rings. The number of nitrogens with zero attached hydrogens (tertiary/aromatic N) is 4. The lowest BCUT2D eigenvalue weighted by molar-refractivity contribution is 0.775. The van der Waals surface area contributed by atoms with Crippen molar-refractivity contribution < 1.29 is 0 Å². The molecule has 0 unspecified atom stereocenters. The van der Waals surface area contributed by atoms with Crippen molar-refractivity contribution in [2.45, 2.75) is 27.7 Å². The van der Waals surface area contributed by atoms with Crippen LogP contribution in [0.3, 0.4) is 0 Å². The standard InChI is InChI=1S/C19H20N4/c1-13-5-6-14(2)18(11-13)10-9-17-8-7-15(3)19(12-17)23-16(4)20-21-22-23/h5-12H,1-4H3/b10-9+. The summed E-state index contributed by atoms with van der Waals surface area (Å²) >= 11 is 0. The van der Waals surface area contributed by atoms with E-state index in [1.807, 2.05) is 6.92 Å². The molecule has 2 aromatic carbocycles. The minimum Gasteiger partial charge on any atom is -0.197 e. The van der Waals surface area contributed by atoms with Crippen molar-refractivity contribution in [2.24, 2.45) is 0 Å². The molecule has 0 aliphatic rings. The monoisotopic (exact) mass is 304 g/mol. The third-order valence-electron chi connectivity index (χ3n) is 3.98. The van der Waals surface area contributed by atoms with E-state index < -0.39 is 0 Å². The lowest BCUT2D eigenvalue weighted by atomic mass is 10.0. The molecule has 1 aromatic heterocycles. The minimum atomic E-state index is 0.781. The molecule has 0 spiro atoms. The van der Waals surface area contributed by atoms with E-state index in [1.54, 1.807) is 4.68 Å². The van der Waals surface area contributed by atoms with E-state index in [2.05, 4.69) is 84.8 Å². The van der Waals surface area contributed by atoms with Crippen LogP contribution in [0.5, 0.6) is 0 Å². The zero-order valence-corrected chi connectivity index (χ0v) is 13.9. The molecule has 23 heavy (non-hydrogen) atoms. The molecule has 0 fully saturated rings. The van der Waals surface area contributed by atoms with Crippen LogP contribution in [-0.4, -0.2) is 20.2 Å². The molecule has 0 aliphatic carbocycles. The molecule has 0 bridgehead atoms. The van der Waals surface area contributed by atoms with Gasteiger partial charge in [-0.15, -0.1) is 5.10 Å². The first-order valence-corrected chi connectivity index (χ1v) is 7.66. The van der Waals surface area contributed by atoms with Crippen molar-refractivity contribution >= 4 is 12.2 Å². The normalized spacial score (nSPS) is 11.3. The number of aryl methyl sites for hydroxylation is 4. The molecule has 0 radical (unpaired) electrons. The summed E-state index contributed by atoms with van der Waals surface area (Å²) in [7, 11) is 0. The van der Waals surface area contributed by atoms with Gasteiger partial charge in [0, 0.05) is 0 Å². The Kier molecular flexibility index (Phi) is 4.06. The molecule has 4 heteroatoms. The topological polar surface area (TPSA) is 43.6 Å². The van der Waals surface area contributed by atoms with Crippen molar-refractivity contribution in [3.63, 3.8) is 0 Å². The van der Waals surface area contributed by atoms with Gasteiger partial charge in [-0.2, -0.15) is 4.68 Å². The van der Waals surface area contributed by atoms with Crippen LogP contribution in [0.25, 0.3) is 17.8 Å². The maximum Gasteiger partial charge on any atom is 0.153 e. The van der Waals surface area contributed by atoms with E-state index in [0.717, 1.165) is 22.6 Å². The van der Waals surface area contributed by atoms with Crippen LogP contribution in [0.15, 0.2) is 36.4 Å². The maximum atomic E-state index is 4.06. The van der Waals surface area contributed by atoms with Gasteiger partial charge >= 0.3 is 0 Å². The maximum absolute atomic E-state index is 4.06. The predicted octanol–water partition coefficient (Wildman–Crippen LogP) is 4.07. The Labute approximate surface area is 136 Å². The van der Waals surface area contributed by atoms with Gasteiger partial charge in [-0.1, -0.05) is 48.0 Å². The summed E-state index contributed by atoms with van der Waals surface area (Å²) in [5.74, 6) is 0.781. The lowest BCUT2D eigenvalue weighted by Gasteiger charge is -2.07. The molecule has 1 heterocycles. The summed E-state index contributed by atoms with van der Waals surface area (Å²) in [5, 5.41) is 11.8. The first-order chi connectivity index (χ1) is 11.0. The third kappa shape index (κ3) is 3.21. The van der Waals surface area contributed by atoms with E-state index in [9.17, 15) is 0 Å². The van der Waals surface area contributed by atoms with Gasteiger partial charge in [0.25, 0.3) is 0 Å². The number of hydrogen-bond donors (Lipinski definition) is 0. The van der Waals surface area contributed by atoms with Crippen molar-refractivity contribution in [1.82, 2.24) is 20.2 Å². The molecule has 0 amide bonds. The van der Waals surface area contributed by atoms with Gasteiger partial charge in [-0.3, -0.25) is 0 Å². The Bertz CT molecular complexity index is 875. The Morgan fingerprint density at radius 2 is 1.65 bits per heavy atom. The zero-order chi connectivity index (χ0) is 16.4. The van der Waals surface area contributed by atoms with Crippen LogP contribution in [0.4, 0.5) is 0 Å². The van der Waals surface area contributed by atoms with E-state index in [4.69, 9.17) is 0 Å². The van der Waals surface area contributed by atoms with Gasteiger partial charge in [-0.25, -0.2) is 0 Å².